The lowest BCUT2D eigenvalue weighted by molar-refractivity contribution is -0.140. The molecule has 0 aliphatic carbocycles. The highest BCUT2D eigenvalue weighted by molar-refractivity contribution is 7.84. The van der Waals surface area contributed by atoms with Crippen molar-refractivity contribution in [3.63, 3.8) is 0 Å². The summed E-state index contributed by atoms with van der Waals surface area (Å²) in [6.45, 7) is 3.81. The third-order valence-corrected chi connectivity index (χ3v) is 4.35. The maximum Gasteiger partial charge on any atom is 0.306 e. The van der Waals surface area contributed by atoms with Gasteiger partial charge in [-0.1, -0.05) is 31.2 Å². The van der Waals surface area contributed by atoms with E-state index in [2.05, 4.69) is 4.74 Å². The lowest BCUT2D eigenvalue weighted by atomic mass is 10.1. The molecule has 4 heteroatoms. The van der Waals surface area contributed by atoms with Crippen molar-refractivity contribution < 1.29 is 13.7 Å². The molecule has 0 aromatic heterocycles. The van der Waals surface area contributed by atoms with Crippen molar-refractivity contribution in [1.29, 1.82) is 0 Å². The van der Waals surface area contributed by atoms with Gasteiger partial charge in [0.1, 0.15) is 0 Å². The lowest BCUT2D eigenvalue weighted by Crippen LogP contribution is -2.18. The molecule has 0 spiro atoms. The molecule has 2 unspecified atom stereocenters. The molecule has 0 aliphatic rings. The van der Waals surface area contributed by atoms with Crippen molar-refractivity contribution in [3.8, 4) is 0 Å². The number of benzene rings is 1. The van der Waals surface area contributed by atoms with Crippen molar-refractivity contribution in [3.05, 3.63) is 35.4 Å². The van der Waals surface area contributed by atoms with Crippen molar-refractivity contribution in [2.24, 2.45) is 0 Å². The van der Waals surface area contributed by atoms with Crippen LogP contribution in [0.15, 0.2) is 24.3 Å². The molecular weight excluding hydrogens is 236 g/mol. The van der Waals surface area contributed by atoms with Gasteiger partial charge < -0.3 is 4.74 Å². The summed E-state index contributed by atoms with van der Waals surface area (Å²) < 4.78 is 16.6. The highest BCUT2D eigenvalue weighted by atomic mass is 32.2. The summed E-state index contributed by atoms with van der Waals surface area (Å²) in [7, 11) is 0.298. The van der Waals surface area contributed by atoms with Gasteiger partial charge in [0.05, 0.1) is 13.5 Å². The Morgan fingerprint density at radius 2 is 2.06 bits per heavy atom. The van der Waals surface area contributed by atoms with E-state index in [1.807, 2.05) is 38.1 Å². The van der Waals surface area contributed by atoms with E-state index in [0.29, 0.717) is 5.75 Å². The van der Waals surface area contributed by atoms with E-state index >= 15 is 0 Å². The van der Waals surface area contributed by atoms with Crippen LogP contribution >= 0.6 is 0 Å². The highest BCUT2D eigenvalue weighted by Crippen LogP contribution is 2.13. The Labute approximate surface area is 105 Å². The van der Waals surface area contributed by atoms with Crippen LogP contribution in [0.5, 0.6) is 0 Å². The number of carbonyl (C=O) groups excluding carboxylic acids is 1. The maximum absolute atomic E-state index is 12.0. The smallest absolute Gasteiger partial charge is 0.306 e. The van der Waals surface area contributed by atoms with Gasteiger partial charge in [-0.2, -0.15) is 0 Å². The zero-order chi connectivity index (χ0) is 12.8. The Morgan fingerprint density at radius 3 is 2.65 bits per heavy atom. The average Bonchev–Trinajstić information content (AvgIpc) is 2.31. The molecule has 0 bridgehead atoms. The number of aryl methyl sites for hydroxylation is 1. The highest BCUT2D eigenvalue weighted by Gasteiger charge is 2.16. The fourth-order valence-corrected chi connectivity index (χ4v) is 2.72. The minimum Gasteiger partial charge on any atom is -0.469 e. The summed E-state index contributed by atoms with van der Waals surface area (Å²) in [6.07, 6.45) is 0.203. The summed E-state index contributed by atoms with van der Waals surface area (Å²) in [5.74, 6) is 0.181. The van der Waals surface area contributed by atoms with Gasteiger partial charge >= 0.3 is 5.97 Å². The van der Waals surface area contributed by atoms with Crippen LogP contribution in [0.25, 0.3) is 0 Å². The number of hydrogen-bond donors (Lipinski definition) is 0. The third kappa shape index (κ3) is 4.30. The molecule has 3 nitrogen and oxygen atoms in total. The monoisotopic (exact) mass is 254 g/mol. The summed E-state index contributed by atoms with van der Waals surface area (Å²) in [5.41, 5.74) is 2.20. The Balaban J connectivity index is 2.60. The van der Waals surface area contributed by atoms with Crippen LogP contribution in [0.3, 0.4) is 0 Å². The van der Waals surface area contributed by atoms with Crippen LogP contribution in [0, 0.1) is 6.92 Å². The predicted molar refractivity (Wildman–Crippen MR) is 69.1 cm³/mol. The molecule has 17 heavy (non-hydrogen) atoms. The van der Waals surface area contributed by atoms with Crippen molar-refractivity contribution in [2.75, 3.05) is 7.11 Å². The summed E-state index contributed by atoms with van der Waals surface area (Å²) in [4.78, 5) is 11.1. The van der Waals surface area contributed by atoms with Crippen LogP contribution in [0.4, 0.5) is 0 Å². The minimum atomic E-state index is -1.05. The average molecular weight is 254 g/mol. The van der Waals surface area contributed by atoms with Gasteiger partial charge in [-0.3, -0.25) is 9.00 Å². The van der Waals surface area contributed by atoms with E-state index in [-0.39, 0.29) is 17.6 Å². The summed E-state index contributed by atoms with van der Waals surface area (Å²) in [6, 6.07) is 7.86. The van der Waals surface area contributed by atoms with Crippen LogP contribution in [-0.4, -0.2) is 22.5 Å². The largest absolute Gasteiger partial charge is 0.469 e. The summed E-state index contributed by atoms with van der Waals surface area (Å²) in [5, 5.41) is -0.179. The van der Waals surface area contributed by atoms with Gasteiger partial charge in [0, 0.05) is 21.8 Å². The molecule has 0 aliphatic heterocycles. The molecule has 1 aromatic carbocycles. The van der Waals surface area contributed by atoms with Gasteiger partial charge in [-0.25, -0.2) is 0 Å². The molecule has 0 radical (unpaired) electrons. The van der Waals surface area contributed by atoms with E-state index in [1.165, 1.54) is 7.11 Å². The fourth-order valence-electron chi connectivity index (χ4n) is 1.48. The predicted octanol–water partition coefficient (Wildman–Crippen LogP) is 2.20. The van der Waals surface area contributed by atoms with Crippen LogP contribution in [0.2, 0.25) is 0 Å². The number of methoxy groups -OCH3 is 1. The normalized spacial score (nSPS) is 14.1. The standard InChI is InChI=1S/C13H18O3S/c1-10-6-4-5-7-12(10)9-17(15)11(2)8-13(14)16-3/h4-7,11H,8-9H2,1-3H3. The Kier molecular flexibility index (Phi) is 5.35. The van der Waals surface area contributed by atoms with Crippen molar-refractivity contribution in [1.82, 2.24) is 0 Å². The molecule has 94 valence electrons. The Hall–Kier alpha value is -1.16. The van der Waals surface area contributed by atoms with E-state index in [9.17, 15) is 9.00 Å². The molecule has 0 saturated carbocycles. The first kappa shape index (κ1) is 13.9. The topological polar surface area (TPSA) is 43.4 Å². The van der Waals surface area contributed by atoms with E-state index in [1.54, 1.807) is 0 Å². The second-order valence-electron chi connectivity index (χ2n) is 4.04. The number of ether oxygens (including phenoxy) is 1. The van der Waals surface area contributed by atoms with Crippen LogP contribution in [-0.2, 0) is 26.1 Å². The molecule has 0 heterocycles. The molecular formula is C13H18O3S. The summed E-state index contributed by atoms with van der Waals surface area (Å²) >= 11 is 0. The minimum absolute atomic E-state index is 0.179. The second kappa shape index (κ2) is 6.55. The fraction of sp³-hybridized carbons (Fsp3) is 0.462. The molecule has 0 amide bonds. The quantitative estimate of drug-likeness (QED) is 0.757. The molecule has 1 aromatic rings. The van der Waals surface area contributed by atoms with E-state index in [4.69, 9.17) is 0 Å². The molecule has 0 fully saturated rings. The van der Waals surface area contributed by atoms with Crippen LogP contribution < -0.4 is 0 Å². The molecule has 0 N–H and O–H groups in total. The molecule has 2 atom stereocenters. The van der Waals surface area contributed by atoms with Gasteiger partial charge in [0.25, 0.3) is 0 Å². The maximum atomic E-state index is 12.0. The molecule has 0 saturated heterocycles. The van der Waals surface area contributed by atoms with Gasteiger partial charge in [0.2, 0.25) is 0 Å². The van der Waals surface area contributed by atoms with Crippen LogP contribution in [0.1, 0.15) is 24.5 Å². The number of carbonyl (C=O) groups is 1. The van der Waals surface area contributed by atoms with E-state index < -0.39 is 10.8 Å². The SMILES string of the molecule is COC(=O)CC(C)S(=O)Cc1ccccc1C. The number of esters is 1. The number of rotatable bonds is 5. The van der Waals surface area contributed by atoms with Gasteiger partial charge in [0.15, 0.2) is 0 Å². The third-order valence-electron chi connectivity index (χ3n) is 2.69. The van der Waals surface area contributed by atoms with Gasteiger partial charge in [-0.15, -0.1) is 0 Å². The zero-order valence-electron chi connectivity index (χ0n) is 10.4. The van der Waals surface area contributed by atoms with Crippen molar-refractivity contribution in [2.45, 2.75) is 31.3 Å². The first-order valence-electron chi connectivity index (χ1n) is 5.53. The van der Waals surface area contributed by atoms with Gasteiger partial charge in [-0.05, 0) is 18.1 Å². The molecule has 1 rings (SSSR count). The number of hydrogen-bond acceptors (Lipinski definition) is 3. The van der Waals surface area contributed by atoms with Crippen molar-refractivity contribution >= 4 is 16.8 Å². The second-order valence-corrected chi connectivity index (χ2v) is 5.90. The zero-order valence-corrected chi connectivity index (χ0v) is 11.3. The first-order valence-corrected chi connectivity index (χ1v) is 6.91. The Bertz CT molecular complexity index is 415. The lowest BCUT2D eigenvalue weighted by Gasteiger charge is -2.11. The first-order chi connectivity index (χ1) is 8.04. The Morgan fingerprint density at radius 1 is 1.41 bits per heavy atom. The van der Waals surface area contributed by atoms with E-state index in [0.717, 1.165) is 11.1 Å².